The normalized spacial score (nSPS) is 49.9. The first-order valence-electron chi connectivity index (χ1n) is 7.04. The smallest absolute Gasteiger partial charge is 0.00932 e. The molecule has 0 aromatic heterocycles. The Hall–Kier alpha value is 0.440. The lowest BCUT2D eigenvalue weighted by molar-refractivity contribution is -0.0991. The number of rotatable bonds is 4. The van der Waals surface area contributed by atoms with Gasteiger partial charge >= 0.3 is 0 Å². The highest BCUT2D eigenvalue weighted by molar-refractivity contribution is 9.09. The Morgan fingerprint density at radius 1 is 1.00 bits per heavy atom. The minimum absolute atomic E-state index is 0.632. The summed E-state index contributed by atoms with van der Waals surface area (Å²) >= 11 is 3.85. The van der Waals surface area contributed by atoms with Crippen LogP contribution in [0.5, 0.6) is 0 Å². The van der Waals surface area contributed by atoms with Gasteiger partial charge in [0.1, 0.15) is 0 Å². The number of hydrogen-bond donors (Lipinski definition) is 1. The largest absolute Gasteiger partial charge is 0.330 e. The summed E-state index contributed by atoms with van der Waals surface area (Å²) in [5, 5.41) is 1.23. The molecule has 0 amide bonds. The molecule has 0 aliphatic heterocycles. The third-order valence-electron chi connectivity index (χ3n) is 5.86. The van der Waals surface area contributed by atoms with Gasteiger partial charge in [0.2, 0.25) is 0 Å². The Bertz CT molecular complexity index is 235. The zero-order chi connectivity index (χ0) is 11.2. The van der Waals surface area contributed by atoms with Gasteiger partial charge in [-0.05, 0) is 80.6 Å². The van der Waals surface area contributed by atoms with Gasteiger partial charge in [0, 0.05) is 5.33 Å². The van der Waals surface area contributed by atoms with Crippen LogP contribution in [0, 0.1) is 29.1 Å². The van der Waals surface area contributed by atoms with Crippen molar-refractivity contribution in [3.8, 4) is 0 Å². The first kappa shape index (κ1) is 11.5. The molecule has 1 nitrogen and oxygen atoms in total. The van der Waals surface area contributed by atoms with E-state index in [-0.39, 0.29) is 0 Å². The molecule has 4 aliphatic rings. The molecule has 0 saturated heterocycles. The van der Waals surface area contributed by atoms with E-state index < -0.39 is 0 Å². The summed E-state index contributed by atoms with van der Waals surface area (Å²) in [5.41, 5.74) is 6.36. The molecule has 4 bridgehead atoms. The average molecular weight is 286 g/mol. The van der Waals surface area contributed by atoms with Crippen molar-refractivity contribution in [3.63, 3.8) is 0 Å². The summed E-state index contributed by atoms with van der Waals surface area (Å²) < 4.78 is 0. The van der Waals surface area contributed by atoms with Gasteiger partial charge in [-0.25, -0.2) is 0 Å². The first-order valence-corrected chi connectivity index (χ1v) is 8.16. The minimum Gasteiger partial charge on any atom is -0.330 e. The molecule has 16 heavy (non-hydrogen) atoms. The van der Waals surface area contributed by atoms with E-state index in [1.54, 1.807) is 6.42 Å². The zero-order valence-corrected chi connectivity index (χ0v) is 11.7. The lowest BCUT2D eigenvalue weighted by Gasteiger charge is -2.61. The second kappa shape index (κ2) is 4.28. The van der Waals surface area contributed by atoms with Gasteiger partial charge in [-0.3, -0.25) is 0 Å². The van der Waals surface area contributed by atoms with Crippen LogP contribution < -0.4 is 5.73 Å². The molecule has 92 valence electrons. The Balaban J connectivity index is 1.82. The van der Waals surface area contributed by atoms with Crippen molar-refractivity contribution < 1.29 is 0 Å². The van der Waals surface area contributed by atoms with Crippen molar-refractivity contribution in [2.45, 2.75) is 44.9 Å². The molecule has 0 unspecified atom stereocenters. The molecular formula is C14H24BrN. The van der Waals surface area contributed by atoms with Crippen molar-refractivity contribution in [1.29, 1.82) is 0 Å². The summed E-state index contributed by atoms with van der Waals surface area (Å²) in [5.74, 6) is 4.23. The molecule has 4 aliphatic carbocycles. The Kier molecular flexibility index (Phi) is 3.08. The van der Waals surface area contributed by atoms with Gasteiger partial charge < -0.3 is 5.73 Å². The van der Waals surface area contributed by atoms with Crippen LogP contribution in [0.3, 0.4) is 0 Å². The van der Waals surface area contributed by atoms with Gasteiger partial charge in [0.05, 0.1) is 0 Å². The van der Waals surface area contributed by atoms with Gasteiger partial charge in [-0.15, -0.1) is 0 Å². The van der Waals surface area contributed by atoms with Crippen LogP contribution >= 0.6 is 15.9 Å². The fourth-order valence-corrected chi connectivity index (χ4v) is 6.44. The lowest BCUT2D eigenvalue weighted by Crippen LogP contribution is -2.53. The number of halogens is 1. The van der Waals surface area contributed by atoms with Crippen LogP contribution in [0.25, 0.3) is 0 Å². The molecule has 2 heteroatoms. The number of nitrogens with two attached hydrogens (primary N) is 1. The number of alkyl halides is 1. The maximum atomic E-state index is 5.73. The van der Waals surface area contributed by atoms with Gasteiger partial charge in [0.25, 0.3) is 0 Å². The fraction of sp³-hybridized carbons (Fsp3) is 1.00. The number of hydrogen-bond acceptors (Lipinski definition) is 1. The SMILES string of the molecule is NCCCC1(CBr)C2CC3CC(C2)CC1C3. The highest BCUT2D eigenvalue weighted by Gasteiger charge is 2.55. The van der Waals surface area contributed by atoms with Crippen molar-refractivity contribution in [2.75, 3.05) is 11.9 Å². The molecule has 4 fully saturated rings. The van der Waals surface area contributed by atoms with E-state index in [1.165, 1.54) is 43.9 Å². The van der Waals surface area contributed by atoms with Crippen molar-refractivity contribution in [2.24, 2.45) is 34.8 Å². The van der Waals surface area contributed by atoms with E-state index in [4.69, 9.17) is 5.73 Å². The molecule has 0 aromatic carbocycles. The van der Waals surface area contributed by atoms with Crippen molar-refractivity contribution in [3.05, 3.63) is 0 Å². The van der Waals surface area contributed by atoms with Crippen LogP contribution in [-0.2, 0) is 0 Å². The van der Waals surface area contributed by atoms with E-state index in [0.717, 1.165) is 30.2 Å². The predicted molar refractivity (Wildman–Crippen MR) is 71.6 cm³/mol. The second-order valence-electron chi connectivity index (χ2n) is 6.56. The Morgan fingerprint density at radius 3 is 2.00 bits per heavy atom. The molecule has 0 heterocycles. The third kappa shape index (κ3) is 1.59. The fourth-order valence-electron chi connectivity index (χ4n) is 5.25. The van der Waals surface area contributed by atoms with E-state index in [1.807, 2.05) is 0 Å². The molecule has 4 rings (SSSR count). The van der Waals surface area contributed by atoms with Gasteiger partial charge in [-0.2, -0.15) is 0 Å². The zero-order valence-electron chi connectivity index (χ0n) is 10.1. The molecule has 4 saturated carbocycles. The molecule has 0 radical (unpaired) electrons. The Morgan fingerprint density at radius 2 is 1.56 bits per heavy atom. The highest BCUT2D eigenvalue weighted by atomic mass is 79.9. The van der Waals surface area contributed by atoms with E-state index in [2.05, 4.69) is 15.9 Å². The molecule has 0 spiro atoms. The van der Waals surface area contributed by atoms with Crippen molar-refractivity contribution in [1.82, 2.24) is 0 Å². The van der Waals surface area contributed by atoms with Crippen LogP contribution in [0.15, 0.2) is 0 Å². The second-order valence-corrected chi connectivity index (χ2v) is 7.12. The summed E-state index contributed by atoms with van der Waals surface area (Å²) in [6.07, 6.45) is 10.3. The highest BCUT2D eigenvalue weighted by Crippen LogP contribution is 2.64. The van der Waals surface area contributed by atoms with E-state index in [9.17, 15) is 0 Å². The third-order valence-corrected chi connectivity index (χ3v) is 6.90. The lowest BCUT2D eigenvalue weighted by atomic mass is 9.45. The summed E-state index contributed by atoms with van der Waals surface area (Å²) in [6, 6.07) is 0. The predicted octanol–water partition coefficient (Wildman–Crippen LogP) is 3.56. The van der Waals surface area contributed by atoms with E-state index >= 15 is 0 Å². The maximum absolute atomic E-state index is 5.73. The maximum Gasteiger partial charge on any atom is 0.00932 e. The quantitative estimate of drug-likeness (QED) is 0.786. The van der Waals surface area contributed by atoms with E-state index in [0.29, 0.717) is 5.41 Å². The van der Waals surface area contributed by atoms with Crippen LogP contribution in [-0.4, -0.2) is 11.9 Å². The summed E-state index contributed by atoms with van der Waals surface area (Å²) in [6.45, 7) is 0.876. The van der Waals surface area contributed by atoms with Crippen LogP contribution in [0.1, 0.15) is 44.9 Å². The summed E-state index contributed by atoms with van der Waals surface area (Å²) in [4.78, 5) is 0. The Labute approximate surface area is 108 Å². The molecule has 0 atom stereocenters. The molecule has 2 N–H and O–H groups in total. The monoisotopic (exact) mass is 285 g/mol. The van der Waals surface area contributed by atoms with Gasteiger partial charge in [-0.1, -0.05) is 15.9 Å². The van der Waals surface area contributed by atoms with Crippen LogP contribution in [0.4, 0.5) is 0 Å². The van der Waals surface area contributed by atoms with Crippen molar-refractivity contribution >= 4 is 15.9 Å². The topological polar surface area (TPSA) is 26.0 Å². The molecular weight excluding hydrogens is 262 g/mol. The molecule has 0 aromatic rings. The first-order chi connectivity index (χ1) is 7.78. The summed E-state index contributed by atoms with van der Waals surface area (Å²) in [7, 11) is 0. The standard InChI is InChI=1S/C14H24BrN/c15-9-14(2-1-3-16)12-5-10-4-11(7-12)8-13(14)6-10/h10-13H,1-9,16H2. The minimum atomic E-state index is 0.632. The van der Waals surface area contributed by atoms with Crippen LogP contribution in [0.2, 0.25) is 0 Å². The average Bonchev–Trinajstić information content (AvgIpc) is 2.28. The van der Waals surface area contributed by atoms with Gasteiger partial charge in [0.15, 0.2) is 0 Å².